The largest absolute Gasteiger partial charge is 0.334 e. The van der Waals surface area contributed by atoms with Gasteiger partial charge in [0.25, 0.3) is 0 Å². The Morgan fingerprint density at radius 2 is 1.94 bits per heavy atom. The van der Waals surface area contributed by atoms with Crippen LogP contribution in [0.2, 0.25) is 0 Å². The van der Waals surface area contributed by atoms with Gasteiger partial charge in [-0.1, -0.05) is 30.3 Å². The van der Waals surface area contributed by atoms with Gasteiger partial charge in [0, 0.05) is 48.4 Å². The van der Waals surface area contributed by atoms with Crippen molar-refractivity contribution < 1.29 is 9.18 Å². The molecule has 1 aliphatic carbocycles. The topological polar surface area (TPSA) is 49.6 Å². The zero-order valence-electron chi connectivity index (χ0n) is 17.0. The lowest BCUT2D eigenvalue weighted by Crippen LogP contribution is -2.42. The number of urea groups is 1. The standard InChI is InChI=1S/C24H23FN4OS/c25-19-8-6-18(7-9-19)22-15-29-21(16-31-24(29)27-22)12-13-28(20-10-11-20)23(30)26-14-17-4-2-1-3-5-17/h1-9,15-16,20H,10-14H2,(H,26,30). The number of thiazole rings is 1. The van der Waals surface area contributed by atoms with Crippen LogP contribution < -0.4 is 5.32 Å². The summed E-state index contributed by atoms with van der Waals surface area (Å²) in [5.74, 6) is -0.254. The number of nitrogens with zero attached hydrogens (tertiary/aromatic N) is 3. The average Bonchev–Trinajstić information content (AvgIpc) is 3.43. The third-order valence-electron chi connectivity index (χ3n) is 5.57. The normalized spacial score (nSPS) is 13.5. The monoisotopic (exact) mass is 434 g/mol. The molecule has 0 saturated heterocycles. The third-order valence-corrected chi connectivity index (χ3v) is 6.46. The number of hydrogen-bond acceptors (Lipinski definition) is 3. The number of imidazole rings is 1. The molecular formula is C24H23FN4OS. The first-order valence-corrected chi connectivity index (χ1v) is 11.3. The summed E-state index contributed by atoms with van der Waals surface area (Å²) in [6.45, 7) is 1.20. The fourth-order valence-electron chi connectivity index (χ4n) is 3.72. The van der Waals surface area contributed by atoms with Gasteiger partial charge in [-0.05, 0) is 42.7 Å². The van der Waals surface area contributed by atoms with Crippen LogP contribution in [-0.2, 0) is 13.0 Å². The van der Waals surface area contributed by atoms with E-state index in [4.69, 9.17) is 0 Å². The Bertz CT molecular complexity index is 1180. The van der Waals surface area contributed by atoms with E-state index in [9.17, 15) is 9.18 Å². The fraction of sp³-hybridized carbons (Fsp3) is 0.250. The number of carbonyl (C=O) groups is 1. The average molecular weight is 435 g/mol. The lowest BCUT2D eigenvalue weighted by molar-refractivity contribution is 0.195. The van der Waals surface area contributed by atoms with E-state index in [0.29, 0.717) is 19.1 Å². The quantitative estimate of drug-likeness (QED) is 0.439. The summed E-state index contributed by atoms with van der Waals surface area (Å²) in [5.41, 5.74) is 3.94. The van der Waals surface area contributed by atoms with Gasteiger partial charge in [0.05, 0.1) is 5.69 Å². The molecule has 1 aliphatic rings. The van der Waals surface area contributed by atoms with Gasteiger partial charge in [0.2, 0.25) is 0 Å². The van der Waals surface area contributed by atoms with Gasteiger partial charge < -0.3 is 10.2 Å². The highest BCUT2D eigenvalue weighted by atomic mass is 32.1. The van der Waals surface area contributed by atoms with Crippen molar-refractivity contribution in [1.29, 1.82) is 0 Å². The van der Waals surface area contributed by atoms with E-state index in [1.807, 2.05) is 41.4 Å². The second-order valence-electron chi connectivity index (χ2n) is 7.83. The molecule has 0 aliphatic heterocycles. The summed E-state index contributed by atoms with van der Waals surface area (Å²) in [7, 11) is 0. The van der Waals surface area contributed by atoms with Crippen LogP contribution in [0.25, 0.3) is 16.2 Å². The maximum absolute atomic E-state index is 13.2. The summed E-state index contributed by atoms with van der Waals surface area (Å²) in [4.78, 5) is 20.3. The van der Waals surface area contributed by atoms with Crippen molar-refractivity contribution in [3.63, 3.8) is 0 Å². The molecule has 2 amide bonds. The zero-order chi connectivity index (χ0) is 21.2. The molecule has 5 rings (SSSR count). The number of nitrogens with one attached hydrogen (secondary N) is 1. The highest BCUT2D eigenvalue weighted by molar-refractivity contribution is 7.15. The highest BCUT2D eigenvalue weighted by Gasteiger charge is 2.32. The number of hydrogen-bond donors (Lipinski definition) is 1. The molecule has 0 atom stereocenters. The zero-order valence-corrected chi connectivity index (χ0v) is 17.8. The van der Waals surface area contributed by atoms with E-state index >= 15 is 0 Å². The van der Waals surface area contributed by atoms with Crippen LogP contribution in [0.4, 0.5) is 9.18 Å². The van der Waals surface area contributed by atoms with Gasteiger partial charge in [-0.15, -0.1) is 11.3 Å². The van der Waals surface area contributed by atoms with E-state index in [-0.39, 0.29) is 11.8 Å². The Morgan fingerprint density at radius 3 is 2.68 bits per heavy atom. The molecule has 1 N–H and O–H groups in total. The van der Waals surface area contributed by atoms with Crippen molar-refractivity contribution in [2.75, 3.05) is 6.54 Å². The van der Waals surface area contributed by atoms with Crippen LogP contribution in [-0.4, -0.2) is 32.9 Å². The molecule has 2 heterocycles. The van der Waals surface area contributed by atoms with Crippen molar-refractivity contribution in [2.24, 2.45) is 0 Å². The van der Waals surface area contributed by atoms with Crippen molar-refractivity contribution >= 4 is 22.3 Å². The molecule has 2 aromatic carbocycles. The maximum Gasteiger partial charge on any atom is 0.317 e. The van der Waals surface area contributed by atoms with E-state index in [0.717, 1.165) is 46.7 Å². The Balaban J connectivity index is 1.26. The maximum atomic E-state index is 13.2. The number of aromatic nitrogens is 2. The molecule has 0 radical (unpaired) electrons. The molecule has 0 bridgehead atoms. The minimum absolute atomic E-state index is 0.00420. The van der Waals surface area contributed by atoms with Crippen LogP contribution in [0.15, 0.2) is 66.2 Å². The predicted molar refractivity (Wildman–Crippen MR) is 121 cm³/mol. The molecule has 31 heavy (non-hydrogen) atoms. The second-order valence-corrected chi connectivity index (χ2v) is 8.67. The van der Waals surface area contributed by atoms with E-state index in [2.05, 4.69) is 20.1 Å². The molecule has 2 aromatic heterocycles. The third kappa shape index (κ3) is 4.46. The molecule has 1 fully saturated rings. The summed E-state index contributed by atoms with van der Waals surface area (Å²) < 4.78 is 15.3. The Kier molecular flexibility index (Phi) is 5.42. The van der Waals surface area contributed by atoms with Crippen LogP contribution in [0, 0.1) is 5.82 Å². The number of benzene rings is 2. The van der Waals surface area contributed by atoms with Gasteiger partial charge in [-0.25, -0.2) is 14.2 Å². The summed E-state index contributed by atoms with van der Waals surface area (Å²) in [6.07, 6.45) is 4.88. The highest BCUT2D eigenvalue weighted by Crippen LogP contribution is 2.28. The molecule has 158 valence electrons. The van der Waals surface area contributed by atoms with E-state index in [1.54, 1.807) is 23.5 Å². The summed E-state index contributed by atoms with van der Waals surface area (Å²) in [6, 6.07) is 16.7. The molecule has 0 spiro atoms. The van der Waals surface area contributed by atoms with Crippen molar-refractivity contribution in [2.45, 2.75) is 31.8 Å². The molecule has 0 unspecified atom stereocenters. The molecule has 4 aromatic rings. The van der Waals surface area contributed by atoms with E-state index < -0.39 is 0 Å². The first-order chi connectivity index (χ1) is 15.2. The Hall–Kier alpha value is -3.19. The lowest BCUT2D eigenvalue weighted by atomic mass is 10.2. The number of halogens is 1. The summed E-state index contributed by atoms with van der Waals surface area (Å²) in [5, 5.41) is 5.16. The smallest absolute Gasteiger partial charge is 0.317 e. The molecule has 7 heteroatoms. The minimum atomic E-state index is -0.254. The lowest BCUT2D eigenvalue weighted by Gasteiger charge is -2.22. The van der Waals surface area contributed by atoms with Crippen LogP contribution >= 0.6 is 11.3 Å². The fourth-order valence-corrected chi connectivity index (χ4v) is 4.62. The first-order valence-electron chi connectivity index (χ1n) is 10.5. The number of amides is 2. The summed E-state index contributed by atoms with van der Waals surface area (Å²) >= 11 is 1.58. The van der Waals surface area contributed by atoms with Crippen molar-refractivity contribution in [3.05, 3.63) is 83.2 Å². The van der Waals surface area contributed by atoms with Gasteiger partial charge in [0.15, 0.2) is 4.96 Å². The molecule has 1 saturated carbocycles. The van der Waals surface area contributed by atoms with Crippen LogP contribution in [0.1, 0.15) is 24.1 Å². The minimum Gasteiger partial charge on any atom is -0.334 e. The Morgan fingerprint density at radius 1 is 1.16 bits per heavy atom. The number of rotatable bonds is 7. The first kappa shape index (κ1) is 19.8. The van der Waals surface area contributed by atoms with Crippen LogP contribution in [0.3, 0.4) is 0 Å². The SMILES string of the molecule is O=C(NCc1ccccc1)N(CCc1csc2nc(-c3ccc(F)cc3)cn12)C1CC1. The van der Waals surface area contributed by atoms with Gasteiger partial charge in [0.1, 0.15) is 5.82 Å². The van der Waals surface area contributed by atoms with E-state index in [1.165, 1.54) is 12.1 Å². The number of fused-ring (bicyclic) bond motifs is 1. The molecular weight excluding hydrogens is 411 g/mol. The Labute approximate surface area is 184 Å². The number of carbonyl (C=O) groups excluding carboxylic acids is 1. The molecule has 5 nitrogen and oxygen atoms in total. The van der Waals surface area contributed by atoms with Crippen molar-refractivity contribution in [3.8, 4) is 11.3 Å². The second kappa shape index (κ2) is 8.51. The van der Waals surface area contributed by atoms with Gasteiger partial charge in [-0.2, -0.15) is 0 Å². The van der Waals surface area contributed by atoms with Gasteiger partial charge in [-0.3, -0.25) is 4.40 Å². The van der Waals surface area contributed by atoms with Crippen molar-refractivity contribution in [1.82, 2.24) is 19.6 Å². The van der Waals surface area contributed by atoms with Gasteiger partial charge >= 0.3 is 6.03 Å². The predicted octanol–water partition coefficient (Wildman–Crippen LogP) is 5.12. The van der Waals surface area contributed by atoms with Crippen LogP contribution in [0.5, 0.6) is 0 Å².